The zero-order valence-corrected chi connectivity index (χ0v) is 22.6. The quantitative estimate of drug-likeness (QED) is 0.300. The summed E-state index contributed by atoms with van der Waals surface area (Å²) in [6.07, 6.45) is 1.07. The first-order valence-corrected chi connectivity index (χ1v) is 13.9. The highest BCUT2D eigenvalue weighted by atomic mass is 32.1. The molecule has 0 radical (unpaired) electrons. The molecule has 2 N–H and O–H groups in total. The van der Waals surface area contributed by atoms with E-state index in [1.807, 2.05) is 17.5 Å². The van der Waals surface area contributed by atoms with Crippen molar-refractivity contribution in [1.29, 1.82) is 0 Å². The maximum absolute atomic E-state index is 13.7. The molecule has 208 valence electrons. The van der Waals surface area contributed by atoms with Crippen LogP contribution in [0.3, 0.4) is 0 Å². The number of aromatic nitrogens is 1. The fourth-order valence-electron chi connectivity index (χ4n) is 5.28. The molecule has 1 aliphatic carbocycles. The second kappa shape index (κ2) is 12.2. The number of hydrogen-bond acceptors (Lipinski definition) is 4. The molecule has 6 nitrogen and oxygen atoms in total. The average Bonchev–Trinajstić information content (AvgIpc) is 3.52. The van der Waals surface area contributed by atoms with Crippen LogP contribution in [0, 0.1) is 12.8 Å². The van der Waals surface area contributed by atoms with E-state index in [0.717, 1.165) is 43.0 Å². The Morgan fingerprint density at radius 1 is 1.08 bits per heavy atom. The van der Waals surface area contributed by atoms with Gasteiger partial charge in [0.2, 0.25) is 5.91 Å². The maximum atomic E-state index is 13.7. The fraction of sp³-hybridized carbons (Fsp3) is 0.414. The first kappa shape index (κ1) is 28.6. The lowest BCUT2D eigenvalue weighted by molar-refractivity contribution is -0.138. The van der Waals surface area contributed by atoms with Crippen molar-refractivity contribution in [3.63, 3.8) is 0 Å². The molecule has 1 aromatic carbocycles. The first-order valence-electron chi connectivity index (χ1n) is 13.0. The molecule has 0 bridgehead atoms. The number of carbonyl (C=O) groups excluding carboxylic acids is 3. The molecule has 1 saturated carbocycles. The Balaban J connectivity index is 1.64. The van der Waals surface area contributed by atoms with Crippen LogP contribution in [0.15, 0.2) is 47.8 Å². The normalized spacial score (nSPS) is 14.4. The van der Waals surface area contributed by atoms with Crippen LogP contribution >= 0.6 is 11.3 Å². The third kappa shape index (κ3) is 6.98. The number of ketones is 1. The highest BCUT2D eigenvalue weighted by molar-refractivity contribution is 7.09. The van der Waals surface area contributed by atoms with Crippen LogP contribution in [0.25, 0.3) is 0 Å². The van der Waals surface area contributed by atoms with E-state index in [1.54, 1.807) is 6.92 Å². The Hall–Kier alpha value is -3.40. The number of halogens is 3. The average molecular weight is 560 g/mol. The van der Waals surface area contributed by atoms with E-state index in [0.29, 0.717) is 12.1 Å². The van der Waals surface area contributed by atoms with Crippen molar-refractivity contribution in [1.82, 2.24) is 9.47 Å². The summed E-state index contributed by atoms with van der Waals surface area (Å²) in [5.74, 6) is -1.11. The van der Waals surface area contributed by atoms with Gasteiger partial charge in [0.05, 0.1) is 29.9 Å². The van der Waals surface area contributed by atoms with E-state index in [9.17, 15) is 27.6 Å². The minimum absolute atomic E-state index is 0.0416. The second-order valence-corrected chi connectivity index (χ2v) is 11.1. The predicted molar refractivity (Wildman–Crippen MR) is 143 cm³/mol. The Labute approximate surface area is 229 Å². The smallest absolute Gasteiger partial charge is 0.366 e. The molecule has 0 aliphatic heterocycles. The van der Waals surface area contributed by atoms with Crippen LogP contribution in [0.5, 0.6) is 0 Å². The van der Waals surface area contributed by atoms with Gasteiger partial charge in [-0.15, -0.1) is 11.3 Å². The van der Waals surface area contributed by atoms with Gasteiger partial charge in [-0.05, 0) is 54.8 Å². The summed E-state index contributed by atoms with van der Waals surface area (Å²) in [6, 6.07) is 10.2. The molecule has 0 unspecified atom stereocenters. The van der Waals surface area contributed by atoms with E-state index in [2.05, 4.69) is 0 Å². The number of thiophene rings is 1. The van der Waals surface area contributed by atoms with Crippen LogP contribution in [0.2, 0.25) is 0 Å². The molecule has 0 saturated heterocycles. The highest BCUT2D eigenvalue weighted by Gasteiger charge is 2.34. The van der Waals surface area contributed by atoms with Crippen molar-refractivity contribution in [2.24, 2.45) is 11.7 Å². The van der Waals surface area contributed by atoms with Crippen molar-refractivity contribution in [3.8, 4) is 0 Å². The number of nitrogens with zero attached hydrogens (tertiary/aromatic N) is 2. The van der Waals surface area contributed by atoms with E-state index in [1.165, 1.54) is 45.1 Å². The first-order chi connectivity index (χ1) is 18.5. The number of rotatable bonds is 10. The summed E-state index contributed by atoms with van der Waals surface area (Å²) in [5.41, 5.74) is 5.05. The van der Waals surface area contributed by atoms with Gasteiger partial charge in [0.15, 0.2) is 5.78 Å². The second-order valence-electron chi connectivity index (χ2n) is 10.1. The van der Waals surface area contributed by atoms with E-state index in [4.69, 9.17) is 5.73 Å². The summed E-state index contributed by atoms with van der Waals surface area (Å²) in [5, 5.41) is 1.90. The van der Waals surface area contributed by atoms with Gasteiger partial charge in [0.25, 0.3) is 5.91 Å². The number of amides is 2. The highest BCUT2D eigenvalue weighted by Crippen LogP contribution is 2.33. The number of alkyl halides is 3. The third-order valence-electron chi connectivity index (χ3n) is 7.37. The lowest BCUT2D eigenvalue weighted by Gasteiger charge is -2.26. The maximum Gasteiger partial charge on any atom is 0.416 e. The molecule has 0 spiro atoms. The van der Waals surface area contributed by atoms with E-state index < -0.39 is 23.4 Å². The number of carbonyl (C=O) groups is 3. The predicted octanol–water partition coefficient (Wildman–Crippen LogP) is 6.21. The Kier molecular flexibility index (Phi) is 8.94. The van der Waals surface area contributed by atoms with Crippen LogP contribution in [0.4, 0.5) is 13.2 Å². The molecule has 2 heterocycles. The van der Waals surface area contributed by atoms with E-state index >= 15 is 0 Å². The molecule has 3 aromatic rings. The van der Waals surface area contributed by atoms with Crippen LogP contribution in [-0.4, -0.2) is 33.6 Å². The SMILES string of the molecule is Cc1c(C(N)=O)cc(C(=O)CN(Cc2cccs2)C(=O)CC2CCCCC2)n1Cc1ccccc1C(F)(F)F. The van der Waals surface area contributed by atoms with Gasteiger partial charge in [0, 0.05) is 23.5 Å². The monoisotopic (exact) mass is 559 g/mol. The standard InChI is InChI=1S/C29H32F3N3O3S/c1-19-23(28(33)38)15-25(35(19)16-21-10-5-6-12-24(21)29(30,31)32)26(36)18-34(17-22-11-7-13-39-22)27(37)14-20-8-3-2-4-9-20/h5-7,10-13,15,20H,2-4,8-9,14,16-18H2,1H3,(H2,33,38). The number of hydrogen-bond donors (Lipinski definition) is 1. The Morgan fingerprint density at radius 2 is 1.79 bits per heavy atom. The molecule has 4 rings (SSSR count). The van der Waals surface area contributed by atoms with Crippen molar-refractivity contribution in [2.75, 3.05) is 6.54 Å². The third-order valence-corrected chi connectivity index (χ3v) is 8.23. The van der Waals surface area contributed by atoms with Gasteiger partial charge in [0.1, 0.15) is 0 Å². The minimum atomic E-state index is -4.59. The lowest BCUT2D eigenvalue weighted by Crippen LogP contribution is -2.37. The molecule has 2 aromatic heterocycles. The van der Waals surface area contributed by atoms with Crippen molar-refractivity contribution in [2.45, 2.75) is 64.7 Å². The minimum Gasteiger partial charge on any atom is -0.366 e. The van der Waals surface area contributed by atoms with Crippen LogP contribution < -0.4 is 5.73 Å². The summed E-state index contributed by atoms with van der Waals surface area (Å²) in [7, 11) is 0. The van der Waals surface area contributed by atoms with Crippen molar-refractivity contribution < 1.29 is 27.6 Å². The van der Waals surface area contributed by atoms with Gasteiger partial charge in [-0.2, -0.15) is 13.2 Å². The van der Waals surface area contributed by atoms with Gasteiger partial charge < -0.3 is 15.2 Å². The van der Waals surface area contributed by atoms with Gasteiger partial charge in [-0.25, -0.2) is 0 Å². The zero-order chi connectivity index (χ0) is 28.2. The van der Waals surface area contributed by atoms with Gasteiger partial charge in [-0.3, -0.25) is 14.4 Å². The van der Waals surface area contributed by atoms with Crippen LogP contribution in [0.1, 0.15) is 81.1 Å². The molecule has 10 heteroatoms. The summed E-state index contributed by atoms with van der Waals surface area (Å²) in [4.78, 5) is 41.6. The molecule has 0 atom stereocenters. The number of Topliss-reactive ketones (excluding diaryl/α,β-unsaturated/α-hetero) is 1. The Bertz CT molecular complexity index is 1330. The van der Waals surface area contributed by atoms with Gasteiger partial charge in [-0.1, -0.05) is 43.5 Å². The van der Waals surface area contributed by atoms with Crippen molar-refractivity contribution in [3.05, 3.63) is 80.8 Å². The summed E-state index contributed by atoms with van der Waals surface area (Å²) in [6.45, 7) is 1.27. The molecular weight excluding hydrogens is 527 g/mol. The molecule has 2 amide bonds. The Morgan fingerprint density at radius 3 is 2.44 bits per heavy atom. The van der Waals surface area contributed by atoms with Crippen molar-refractivity contribution >= 4 is 28.9 Å². The topological polar surface area (TPSA) is 85.4 Å². The largest absolute Gasteiger partial charge is 0.416 e. The van der Waals surface area contributed by atoms with E-state index in [-0.39, 0.29) is 48.3 Å². The van der Waals surface area contributed by atoms with Crippen LogP contribution in [-0.2, 0) is 24.1 Å². The number of benzene rings is 1. The summed E-state index contributed by atoms with van der Waals surface area (Å²) >= 11 is 1.48. The molecule has 1 aliphatic rings. The fourth-order valence-corrected chi connectivity index (χ4v) is 6.00. The van der Waals surface area contributed by atoms with Gasteiger partial charge >= 0.3 is 6.18 Å². The summed E-state index contributed by atoms with van der Waals surface area (Å²) < 4.78 is 42.4. The molecular formula is C29H32F3N3O3S. The molecule has 39 heavy (non-hydrogen) atoms. The number of nitrogens with two attached hydrogens (primary N) is 1. The number of primary amides is 1. The lowest BCUT2D eigenvalue weighted by atomic mass is 9.86. The molecule has 1 fully saturated rings. The zero-order valence-electron chi connectivity index (χ0n) is 21.8.